The van der Waals surface area contributed by atoms with Gasteiger partial charge in [0.25, 0.3) is 0 Å². The number of ketones is 1. The Morgan fingerprint density at radius 3 is 3.15 bits per heavy atom. The summed E-state index contributed by atoms with van der Waals surface area (Å²) >= 11 is 1.60. The molecule has 0 aliphatic carbocycles. The van der Waals surface area contributed by atoms with Gasteiger partial charge in [-0.3, -0.25) is 9.20 Å². The first-order valence-corrected chi connectivity index (χ1v) is 8.10. The van der Waals surface area contributed by atoms with Crippen molar-refractivity contribution < 1.29 is 4.79 Å². The van der Waals surface area contributed by atoms with Gasteiger partial charge in [-0.15, -0.1) is 11.3 Å². The van der Waals surface area contributed by atoms with E-state index in [1.807, 2.05) is 22.2 Å². The molecule has 1 aliphatic heterocycles. The van der Waals surface area contributed by atoms with Gasteiger partial charge in [0, 0.05) is 23.2 Å². The molecule has 1 unspecified atom stereocenters. The lowest BCUT2D eigenvalue weighted by Crippen LogP contribution is -2.43. The Hall–Kier alpha value is -1.20. The summed E-state index contributed by atoms with van der Waals surface area (Å²) in [6.45, 7) is 6.21. The average Bonchev–Trinajstić information content (AvgIpc) is 3.00. The monoisotopic (exact) mass is 291 g/mol. The lowest BCUT2D eigenvalue weighted by Gasteiger charge is -2.36. The fraction of sp³-hybridized carbons (Fsp3) is 0.600. The largest absolute Gasteiger partial charge is 0.316 e. The highest BCUT2D eigenvalue weighted by atomic mass is 32.1. The summed E-state index contributed by atoms with van der Waals surface area (Å²) in [5.74, 6) is 0.740. The fourth-order valence-electron chi connectivity index (χ4n) is 2.95. The number of carbonyl (C=O) groups excluding carboxylic acids is 1. The smallest absolute Gasteiger partial charge is 0.193 e. The summed E-state index contributed by atoms with van der Waals surface area (Å²) in [6.07, 6.45) is 6.71. The van der Waals surface area contributed by atoms with Crippen LogP contribution in [-0.4, -0.2) is 28.3 Å². The standard InChI is InChI=1S/C15H21N3OS/c1-15(2,11-4-3-5-16-9-11)13(19)8-12-10-18-6-7-20-14(18)17-12/h6-7,10-11,16H,3-5,8-9H2,1-2H3. The molecule has 1 N–H and O–H groups in total. The molecule has 20 heavy (non-hydrogen) atoms. The molecule has 1 saturated heterocycles. The minimum atomic E-state index is -0.273. The summed E-state index contributed by atoms with van der Waals surface area (Å²) in [4.78, 5) is 18.1. The van der Waals surface area contributed by atoms with E-state index in [2.05, 4.69) is 24.1 Å². The van der Waals surface area contributed by atoms with Gasteiger partial charge in [0.05, 0.1) is 12.1 Å². The van der Waals surface area contributed by atoms with Crippen molar-refractivity contribution in [1.29, 1.82) is 0 Å². The molecule has 0 saturated carbocycles. The van der Waals surface area contributed by atoms with Crippen molar-refractivity contribution in [3.8, 4) is 0 Å². The topological polar surface area (TPSA) is 46.4 Å². The van der Waals surface area contributed by atoms with Crippen LogP contribution in [0.25, 0.3) is 4.96 Å². The third-order valence-corrected chi connectivity index (χ3v) is 5.29. The molecule has 4 nitrogen and oxygen atoms in total. The molecule has 0 spiro atoms. The molecule has 0 amide bonds. The average molecular weight is 291 g/mol. The SMILES string of the molecule is CC(C)(C(=O)Cc1cn2ccsc2n1)C1CCCNC1. The number of nitrogens with one attached hydrogen (secondary N) is 1. The summed E-state index contributed by atoms with van der Waals surface area (Å²) in [5, 5.41) is 5.41. The summed E-state index contributed by atoms with van der Waals surface area (Å²) in [6, 6.07) is 0. The molecule has 1 aliphatic rings. The first kappa shape index (κ1) is 13.8. The van der Waals surface area contributed by atoms with Crippen molar-refractivity contribution in [1.82, 2.24) is 14.7 Å². The Morgan fingerprint density at radius 2 is 2.45 bits per heavy atom. The number of carbonyl (C=O) groups is 1. The molecule has 3 rings (SSSR count). The van der Waals surface area contributed by atoms with Crippen molar-refractivity contribution in [3.63, 3.8) is 0 Å². The summed E-state index contributed by atoms with van der Waals surface area (Å²) in [7, 11) is 0. The first-order valence-electron chi connectivity index (χ1n) is 7.22. The zero-order chi connectivity index (χ0) is 14.2. The zero-order valence-electron chi connectivity index (χ0n) is 12.1. The van der Waals surface area contributed by atoms with Gasteiger partial charge in [-0.1, -0.05) is 13.8 Å². The highest BCUT2D eigenvalue weighted by Crippen LogP contribution is 2.33. The Balaban J connectivity index is 1.72. The van der Waals surface area contributed by atoms with Gasteiger partial charge in [0.1, 0.15) is 5.78 Å². The van der Waals surface area contributed by atoms with Crippen LogP contribution >= 0.6 is 11.3 Å². The van der Waals surface area contributed by atoms with E-state index in [1.54, 1.807) is 11.3 Å². The second-order valence-electron chi connectivity index (χ2n) is 6.19. The lowest BCUT2D eigenvalue weighted by molar-refractivity contribution is -0.129. The van der Waals surface area contributed by atoms with Gasteiger partial charge < -0.3 is 5.32 Å². The van der Waals surface area contributed by atoms with Gasteiger partial charge in [0.15, 0.2) is 4.96 Å². The minimum absolute atomic E-state index is 0.273. The van der Waals surface area contributed by atoms with E-state index < -0.39 is 0 Å². The minimum Gasteiger partial charge on any atom is -0.316 e. The highest BCUT2D eigenvalue weighted by Gasteiger charge is 2.37. The molecule has 108 valence electrons. The van der Waals surface area contributed by atoms with Crippen LogP contribution in [0.4, 0.5) is 0 Å². The molecule has 0 bridgehead atoms. The molecular formula is C15H21N3OS. The van der Waals surface area contributed by atoms with Crippen molar-refractivity contribution in [2.75, 3.05) is 13.1 Å². The molecule has 2 aromatic heterocycles. The molecular weight excluding hydrogens is 270 g/mol. The molecule has 5 heteroatoms. The Morgan fingerprint density at radius 1 is 1.60 bits per heavy atom. The number of aromatic nitrogens is 2. The number of Topliss-reactive ketones (excluding diaryl/α,β-unsaturated/α-hetero) is 1. The molecule has 3 heterocycles. The van der Waals surface area contributed by atoms with Crippen LogP contribution in [0.1, 0.15) is 32.4 Å². The molecule has 0 radical (unpaired) electrons. The van der Waals surface area contributed by atoms with Crippen LogP contribution in [0.5, 0.6) is 0 Å². The van der Waals surface area contributed by atoms with Crippen molar-refractivity contribution >= 4 is 22.1 Å². The fourth-order valence-corrected chi connectivity index (χ4v) is 3.67. The number of fused-ring (bicyclic) bond motifs is 1. The van der Waals surface area contributed by atoms with Crippen LogP contribution in [0, 0.1) is 11.3 Å². The van der Waals surface area contributed by atoms with Gasteiger partial charge in [0.2, 0.25) is 0 Å². The third-order valence-electron chi connectivity index (χ3n) is 4.52. The molecule has 1 fully saturated rings. The van der Waals surface area contributed by atoms with Crippen LogP contribution in [0.3, 0.4) is 0 Å². The number of imidazole rings is 1. The maximum atomic E-state index is 12.7. The molecule has 2 aromatic rings. The van der Waals surface area contributed by atoms with E-state index in [-0.39, 0.29) is 5.41 Å². The van der Waals surface area contributed by atoms with Gasteiger partial charge in [-0.05, 0) is 31.8 Å². The van der Waals surface area contributed by atoms with Crippen LogP contribution < -0.4 is 5.32 Å². The van der Waals surface area contributed by atoms with E-state index in [9.17, 15) is 4.79 Å². The second kappa shape index (κ2) is 5.30. The summed E-state index contributed by atoms with van der Waals surface area (Å²) < 4.78 is 1.99. The quantitative estimate of drug-likeness (QED) is 0.941. The number of nitrogens with zero attached hydrogens (tertiary/aromatic N) is 2. The number of hydrogen-bond acceptors (Lipinski definition) is 4. The van der Waals surface area contributed by atoms with E-state index in [0.29, 0.717) is 18.1 Å². The normalized spacial score (nSPS) is 20.4. The van der Waals surface area contributed by atoms with Crippen molar-refractivity contribution in [2.45, 2.75) is 33.1 Å². The lowest BCUT2D eigenvalue weighted by atomic mass is 9.71. The number of thiazole rings is 1. The van der Waals surface area contributed by atoms with Crippen molar-refractivity contribution in [3.05, 3.63) is 23.5 Å². The maximum Gasteiger partial charge on any atom is 0.193 e. The Kier molecular flexibility index (Phi) is 3.65. The van der Waals surface area contributed by atoms with E-state index in [0.717, 1.165) is 30.2 Å². The van der Waals surface area contributed by atoms with Crippen LogP contribution in [-0.2, 0) is 11.2 Å². The van der Waals surface area contributed by atoms with E-state index in [4.69, 9.17) is 0 Å². The van der Waals surface area contributed by atoms with Crippen LogP contribution in [0.15, 0.2) is 17.8 Å². The number of rotatable bonds is 4. The number of hydrogen-bond donors (Lipinski definition) is 1. The predicted molar refractivity (Wildman–Crippen MR) is 81.2 cm³/mol. The Bertz CT molecular complexity index is 579. The number of piperidine rings is 1. The van der Waals surface area contributed by atoms with Crippen molar-refractivity contribution in [2.24, 2.45) is 11.3 Å². The molecule has 0 aromatic carbocycles. The molecule has 1 atom stereocenters. The van der Waals surface area contributed by atoms with E-state index >= 15 is 0 Å². The summed E-state index contributed by atoms with van der Waals surface area (Å²) in [5.41, 5.74) is 0.614. The van der Waals surface area contributed by atoms with Gasteiger partial charge >= 0.3 is 0 Å². The van der Waals surface area contributed by atoms with Crippen LogP contribution in [0.2, 0.25) is 0 Å². The maximum absolute atomic E-state index is 12.7. The highest BCUT2D eigenvalue weighted by molar-refractivity contribution is 7.15. The second-order valence-corrected chi connectivity index (χ2v) is 7.06. The third kappa shape index (κ3) is 2.52. The first-order chi connectivity index (χ1) is 9.57. The van der Waals surface area contributed by atoms with Gasteiger partial charge in [-0.25, -0.2) is 4.98 Å². The predicted octanol–water partition coefficient (Wildman–Crippen LogP) is 2.53. The van der Waals surface area contributed by atoms with Gasteiger partial charge in [-0.2, -0.15) is 0 Å². The van der Waals surface area contributed by atoms with E-state index in [1.165, 1.54) is 6.42 Å². The Labute approximate surface area is 123 Å². The zero-order valence-corrected chi connectivity index (χ0v) is 12.9.